The molecule has 0 radical (unpaired) electrons. The van der Waals surface area contributed by atoms with E-state index in [0.29, 0.717) is 19.1 Å². The van der Waals surface area contributed by atoms with Gasteiger partial charge in [-0.1, -0.05) is 24.3 Å². The monoisotopic (exact) mass is 321 g/mol. The van der Waals surface area contributed by atoms with Gasteiger partial charge >= 0.3 is 0 Å². The van der Waals surface area contributed by atoms with Gasteiger partial charge in [0.05, 0.1) is 0 Å². The van der Waals surface area contributed by atoms with Gasteiger partial charge in [0.1, 0.15) is 30.5 Å². The summed E-state index contributed by atoms with van der Waals surface area (Å²) in [4.78, 5) is 4.18. The van der Waals surface area contributed by atoms with E-state index < -0.39 is 0 Å². The van der Waals surface area contributed by atoms with Crippen molar-refractivity contribution in [3.63, 3.8) is 0 Å². The van der Waals surface area contributed by atoms with Crippen molar-refractivity contribution in [3.05, 3.63) is 78.5 Å². The fourth-order valence-electron chi connectivity index (χ4n) is 2.15. The summed E-state index contributed by atoms with van der Waals surface area (Å²) in [7, 11) is 0. The highest BCUT2D eigenvalue weighted by atomic mass is 16.5. The highest BCUT2D eigenvalue weighted by Gasteiger charge is 2.01. The van der Waals surface area contributed by atoms with Crippen molar-refractivity contribution in [1.29, 1.82) is 0 Å². The van der Waals surface area contributed by atoms with Crippen LogP contribution < -0.4 is 14.2 Å². The molecule has 0 atom stereocenters. The molecule has 0 amide bonds. The third kappa shape index (κ3) is 4.49. The summed E-state index contributed by atoms with van der Waals surface area (Å²) >= 11 is 0. The van der Waals surface area contributed by atoms with Crippen LogP contribution in [0, 0.1) is 6.92 Å². The number of benzene rings is 2. The molecule has 122 valence electrons. The average Bonchev–Trinajstić information content (AvgIpc) is 2.62. The molecule has 24 heavy (non-hydrogen) atoms. The second kappa shape index (κ2) is 8.02. The van der Waals surface area contributed by atoms with Gasteiger partial charge < -0.3 is 14.2 Å². The molecule has 1 aromatic heterocycles. The number of hydrogen-bond acceptors (Lipinski definition) is 4. The van der Waals surface area contributed by atoms with Gasteiger partial charge in [-0.25, -0.2) is 4.98 Å². The highest BCUT2D eigenvalue weighted by Crippen LogP contribution is 2.23. The van der Waals surface area contributed by atoms with Crippen molar-refractivity contribution in [2.75, 3.05) is 13.2 Å². The summed E-state index contributed by atoms with van der Waals surface area (Å²) < 4.78 is 17.0. The van der Waals surface area contributed by atoms with Gasteiger partial charge in [-0.15, -0.1) is 0 Å². The first-order valence-electron chi connectivity index (χ1n) is 7.81. The first-order chi connectivity index (χ1) is 11.8. The molecule has 0 unspecified atom stereocenters. The number of para-hydroxylation sites is 1. The smallest absolute Gasteiger partial charge is 0.216 e. The molecule has 0 aliphatic rings. The lowest BCUT2D eigenvalue weighted by molar-refractivity contribution is 0.211. The van der Waals surface area contributed by atoms with Crippen LogP contribution in [0.3, 0.4) is 0 Å². The zero-order valence-corrected chi connectivity index (χ0v) is 13.5. The number of rotatable bonds is 7. The molecule has 3 aromatic rings. The van der Waals surface area contributed by atoms with Gasteiger partial charge in [0, 0.05) is 11.8 Å². The molecular weight excluding hydrogens is 302 g/mol. The Morgan fingerprint density at radius 2 is 1.38 bits per heavy atom. The van der Waals surface area contributed by atoms with Crippen molar-refractivity contribution in [2.24, 2.45) is 0 Å². The number of hydrogen-bond donors (Lipinski definition) is 0. The summed E-state index contributed by atoms with van der Waals surface area (Å²) in [5, 5.41) is 0. The van der Waals surface area contributed by atoms with Gasteiger partial charge in [0.25, 0.3) is 0 Å². The maximum atomic E-state index is 5.74. The van der Waals surface area contributed by atoms with Gasteiger partial charge in [-0.3, -0.25) is 0 Å². The Labute approximate surface area is 141 Å². The molecule has 0 saturated heterocycles. The molecule has 1 heterocycles. The maximum Gasteiger partial charge on any atom is 0.216 e. The molecule has 0 bridgehead atoms. The topological polar surface area (TPSA) is 40.6 Å². The van der Waals surface area contributed by atoms with Gasteiger partial charge in [0.15, 0.2) is 0 Å². The van der Waals surface area contributed by atoms with Crippen LogP contribution in [-0.2, 0) is 0 Å². The van der Waals surface area contributed by atoms with E-state index in [-0.39, 0.29) is 0 Å². The molecule has 4 heteroatoms. The van der Waals surface area contributed by atoms with Crippen molar-refractivity contribution in [1.82, 2.24) is 4.98 Å². The van der Waals surface area contributed by atoms with E-state index in [1.807, 2.05) is 73.7 Å². The molecule has 0 aliphatic carbocycles. The minimum atomic E-state index is 0.445. The van der Waals surface area contributed by atoms with Crippen LogP contribution in [0.15, 0.2) is 72.9 Å². The Balaban J connectivity index is 1.45. The summed E-state index contributed by atoms with van der Waals surface area (Å²) in [6.45, 7) is 2.86. The predicted octanol–water partition coefficient (Wildman–Crippen LogP) is 4.64. The van der Waals surface area contributed by atoms with Crippen LogP contribution >= 0.6 is 0 Å². The molecular formula is C20H19NO3. The lowest BCUT2D eigenvalue weighted by atomic mass is 10.3. The first kappa shape index (κ1) is 15.9. The minimum Gasteiger partial charge on any atom is -0.490 e. The van der Waals surface area contributed by atoms with E-state index in [2.05, 4.69) is 4.98 Å². The van der Waals surface area contributed by atoms with Crippen LogP contribution in [0.4, 0.5) is 0 Å². The average molecular weight is 321 g/mol. The van der Waals surface area contributed by atoms with E-state index in [1.54, 1.807) is 6.20 Å². The lowest BCUT2D eigenvalue weighted by Crippen LogP contribution is -2.10. The van der Waals surface area contributed by atoms with Gasteiger partial charge in [-0.2, -0.15) is 0 Å². The predicted molar refractivity (Wildman–Crippen MR) is 92.9 cm³/mol. The zero-order valence-electron chi connectivity index (χ0n) is 13.5. The summed E-state index contributed by atoms with van der Waals surface area (Å²) in [6.07, 6.45) is 1.72. The summed E-state index contributed by atoms with van der Waals surface area (Å²) in [5.41, 5.74) is 1.01. The second-order valence-electron chi connectivity index (χ2n) is 5.21. The van der Waals surface area contributed by atoms with E-state index in [9.17, 15) is 0 Å². The Hall–Kier alpha value is -3.01. The Kier molecular flexibility index (Phi) is 5.30. The minimum absolute atomic E-state index is 0.445. The zero-order chi connectivity index (χ0) is 16.6. The van der Waals surface area contributed by atoms with Crippen LogP contribution in [0.25, 0.3) is 0 Å². The first-order valence-corrected chi connectivity index (χ1v) is 7.81. The van der Waals surface area contributed by atoms with Crippen molar-refractivity contribution in [3.8, 4) is 23.1 Å². The molecule has 0 spiro atoms. The van der Waals surface area contributed by atoms with Crippen molar-refractivity contribution in [2.45, 2.75) is 6.92 Å². The Bertz CT molecular complexity index is 757. The fourth-order valence-corrected chi connectivity index (χ4v) is 2.15. The molecule has 4 nitrogen and oxygen atoms in total. The fraction of sp³-hybridized carbons (Fsp3) is 0.150. The second-order valence-corrected chi connectivity index (χ2v) is 5.21. The number of aromatic nitrogens is 1. The molecule has 0 saturated carbocycles. The third-order valence-electron chi connectivity index (χ3n) is 3.35. The number of nitrogens with zero attached hydrogens (tertiary/aromatic N) is 1. The van der Waals surface area contributed by atoms with E-state index >= 15 is 0 Å². The van der Waals surface area contributed by atoms with Crippen molar-refractivity contribution >= 4 is 0 Å². The summed E-state index contributed by atoms with van der Waals surface area (Å²) in [5.74, 6) is 3.00. The van der Waals surface area contributed by atoms with E-state index in [1.165, 1.54) is 0 Å². The number of pyridine rings is 1. The normalized spacial score (nSPS) is 10.2. The molecule has 0 N–H and O–H groups in total. The Morgan fingerprint density at radius 1 is 0.708 bits per heavy atom. The van der Waals surface area contributed by atoms with E-state index in [4.69, 9.17) is 14.2 Å². The third-order valence-corrected chi connectivity index (χ3v) is 3.35. The Morgan fingerprint density at radius 3 is 2.12 bits per heavy atom. The van der Waals surface area contributed by atoms with Crippen molar-refractivity contribution < 1.29 is 14.2 Å². The van der Waals surface area contributed by atoms with Crippen LogP contribution in [0.5, 0.6) is 23.1 Å². The maximum absolute atomic E-state index is 5.74. The molecule has 0 fully saturated rings. The lowest BCUT2D eigenvalue weighted by Gasteiger charge is -2.10. The standard InChI is InChI=1S/C20H19NO3/c1-16-6-5-13-21-20(16)23-15-14-22-17-9-11-19(12-10-17)24-18-7-3-2-4-8-18/h2-13H,14-15H2,1H3. The quantitative estimate of drug-likeness (QED) is 0.594. The van der Waals surface area contributed by atoms with E-state index in [0.717, 1.165) is 22.8 Å². The largest absolute Gasteiger partial charge is 0.490 e. The van der Waals surface area contributed by atoms with Gasteiger partial charge in [-0.05, 0) is 49.4 Å². The molecule has 2 aromatic carbocycles. The SMILES string of the molecule is Cc1cccnc1OCCOc1ccc(Oc2ccccc2)cc1. The molecule has 0 aliphatic heterocycles. The summed E-state index contributed by atoms with van der Waals surface area (Å²) in [6, 6.07) is 21.0. The van der Waals surface area contributed by atoms with Crippen LogP contribution in [0.2, 0.25) is 0 Å². The number of ether oxygens (including phenoxy) is 3. The molecule has 3 rings (SSSR count). The van der Waals surface area contributed by atoms with Gasteiger partial charge in [0.2, 0.25) is 5.88 Å². The number of aryl methyl sites for hydroxylation is 1. The van der Waals surface area contributed by atoms with Crippen LogP contribution in [0.1, 0.15) is 5.56 Å². The highest BCUT2D eigenvalue weighted by molar-refractivity contribution is 5.35. The van der Waals surface area contributed by atoms with Crippen LogP contribution in [-0.4, -0.2) is 18.2 Å².